The Hall–Kier alpha value is -1.26. The first-order valence-electron chi connectivity index (χ1n) is 5.78. The normalized spacial score (nSPS) is 11.1. The van der Waals surface area contributed by atoms with E-state index in [4.69, 9.17) is 0 Å². The van der Waals surface area contributed by atoms with Crippen molar-refractivity contribution in [1.82, 2.24) is 5.32 Å². The molecule has 1 nitrogen and oxygen atoms in total. The minimum atomic E-state index is -2.40. The molecule has 0 atom stereocenters. The maximum absolute atomic E-state index is 12.5. The summed E-state index contributed by atoms with van der Waals surface area (Å²) in [7, 11) is 0. The van der Waals surface area contributed by atoms with Crippen LogP contribution in [0.1, 0.15) is 27.3 Å². The number of rotatable bonds is 5. The van der Waals surface area contributed by atoms with Crippen molar-refractivity contribution in [3.63, 3.8) is 0 Å². The van der Waals surface area contributed by atoms with Crippen LogP contribution in [-0.2, 0) is 13.1 Å². The van der Waals surface area contributed by atoms with E-state index in [1.807, 2.05) is 6.07 Å². The van der Waals surface area contributed by atoms with Crippen LogP contribution in [0.4, 0.5) is 8.78 Å². The van der Waals surface area contributed by atoms with Crippen LogP contribution in [-0.4, -0.2) is 0 Å². The number of thiophene rings is 1. The molecule has 1 aromatic carbocycles. The summed E-state index contributed by atoms with van der Waals surface area (Å²) in [5, 5.41) is 3.26. The van der Waals surface area contributed by atoms with Gasteiger partial charge >= 0.3 is 0 Å². The Morgan fingerprint density at radius 3 is 2.67 bits per heavy atom. The zero-order valence-corrected chi connectivity index (χ0v) is 10.9. The van der Waals surface area contributed by atoms with Crippen molar-refractivity contribution in [2.75, 3.05) is 0 Å². The third-order valence-corrected chi connectivity index (χ3v) is 3.63. The van der Waals surface area contributed by atoms with Crippen molar-refractivity contribution in [3.8, 4) is 0 Å². The summed E-state index contributed by atoms with van der Waals surface area (Å²) in [5.74, 6) is 0. The van der Waals surface area contributed by atoms with E-state index in [0.717, 1.165) is 12.1 Å². The summed E-state index contributed by atoms with van der Waals surface area (Å²) in [4.78, 5) is 2.55. The fraction of sp³-hybridized carbons (Fsp3) is 0.286. The second-order valence-corrected chi connectivity index (χ2v) is 5.53. The number of halogens is 2. The Morgan fingerprint density at radius 1 is 1.17 bits per heavy atom. The van der Waals surface area contributed by atoms with E-state index < -0.39 is 6.43 Å². The maximum Gasteiger partial charge on any atom is 0.263 e. The predicted molar refractivity (Wildman–Crippen MR) is 71.0 cm³/mol. The molecule has 0 amide bonds. The fourth-order valence-electron chi connectivity index (χ4n) is 1.75. The van der Waals surface area contributed by atoms with Gasteiger partial charge in [0.15, 0.2) is 0 Å². The minimum Gasteiger partial charge on any atom is -0.308 e. The van der Waals surface area contributed by atoms with Crippen molar-refractivity contribution in [2.24, 2.45) is 0 Å². The van der Waals surface area contributed by atoms with E-state index in [-0.39, 0.29) is 5.56 Å². The molecule has 0 saturated carbocycles. The smallest absolute Gasteiger partial charge is 0.263 e. The molecule has 18 heavy (non-hydrogen) atoms. The van der Waals surface area contributed by atoms with Gasteiger partial charge in [0.2, 0.25) is 0 Å². The quantitative estimate of drug-likeness (QED) is 0.852. The van der Waals surface area contributed by atoms with Gasteiger partial charge in [-0.1, -0.05) is 18.2 Å². The van der Waals surface area contributed by atoms with Crippen LogP contribution in [0, 0.1) is 6.92 Å². The lowest BCUT2D eigenvalue weighted by Crippen LogP contribution is -2.11. The zero-order chi connectivity index (χ0) is 13.0. The number of hydrogen-bond donors (Lipinski definition) is 1. The molecule has 1 heterocycles. The summed E-state index contributed by atoms with van der Waals surface area (Å²) in [5.41, 5.74) is 0.974. The topological polar surface area (TPSA) is 12.0 Å². The van der Waals surface area contributed by atoms with Crippen LogP contribution in [0.5, 0.6) is 0 Å². The first kappa shape index (κ1) is 13.2. The molecule has 96 valence electrons. The van der Waals surface area contributed by atoms with Crippen LogP contribution >= 0.6 is 11.3 Å². The molecule has 1 aromatic heterocycles. The molecule has 0 aliphatic carbocycles. The Bertz CT molecular complexity index is 508. The summed E-state index contributed by atoms with van der Waals surface area (Å²) in [6, 6.07) is 10.7. The van der Waals surface area contributed by atoms with Crippen molar-refractivity contribution >= 4 is 11.3 Å². The Labute approximate surface area is 109 Å². The van der Waals surface area contributed by atoms with Crippen LogP contribution in [0.25, 0.3) is 0 Å². The molecule has 1 N–H and O–H groups in total. The largest absolute Gasteiger partial charge is 0.308 e. The first-order chi connectivity index (χ1) is 8.65. The van der Waals surface area contributed by atoms with Gasteiger partial charge in [-0.15, -0.1) is 11.3 Å². The average molecular weight is 267 g/mol. The van der Waals surface area contributed by atoms with E-state index in [0.29, 0.717) is 6.54 Å². The highest BCUT2D eigenvalue weighted by molar-refractivity contribution is 7.11. The lowest BCUT2D eigenvalue weighted by Gasteiger charge is -2.06. The van der Waals surface area contributed by atoms with Crippen LogP contribution in [0.3, 0.4) is 0 Å². The third-order valence-electron chi connectivity index (χ3n) is 2.63. The molecule has 0 aliphatic rings. The number of benzene rings is 1. The Balaban J connectivity index is 1.88. The summed E-state index contributed by atoms with van der Waals surface area (Å²) >= 11 is 1.75. The van der Waals surface area contributed by atoms with E-state index >= 15 is 0 Å². The standard InChI is InChI=1S/C14H15F2NS/c1-10-5-6-13(18-10)9-17-8-11-3-2-4-12(7-11)14(15)16/h2-7,14,17H,8-9H2,1H3. The predicted octanol–water partition coefficient (Wildman–Crippen LogP) is 4.28. The van der Waals surface area contributed by atoms with E-state index in [2.05, 4.69) is 24.4 Å². The molecular formula is C14H15F2NS. The molecule has 0 spiro atoms. The maximum atomic E-state index is 12.5. The molecule has 2 rings (SSSR count). The van der Waals surface area contributed by atoms with E-state index in [9.17, 15) is 8.78 Å². The van der Waals surface area contributed by atoms with Crippen molar-refractivity contribution in [1.29, 1.82) is 0 Å². The van der Waals surface area contributed by atoms with Crippen molar-refractivity contribution in [2.45, 2.75) is 26.4 Å². The van der Waals surface area contributed by atoms with Gasteiger partial charge in [-0.3, -0.25) is 0 Å². The molecule has 0 saturated heterocycles. The van der Waals surface area contributed by atoms with E-state index in [1.54, 1.807) is 23.5 Å². The highest BCUT2D eigenvalue weighted by Crippen LogP contribution is 2.19. The van der Waals surface area contributed by atoms with Gasteiger partial charge in [-0.2, -0.15) is 0 Å². The molecule has 0 aliphatic heterocycles. The van der Waals surface area contributed by atoms with Crippen LogP contribution in [0.2, 0.25) is 0 Å². The van der Waals surface area contributed by atoms with Gasteiger partial charge < -0.3 is 5.32 Å². The van der Waals surface area contributed by atoms with Gasteiger partial charge in [0.25, 0.3) is 6.43 Å². The number of hydrogen-bond acceptors (Lipinski definition) is 2. The van der Waals surface area contributed by atoms with Gasteiger partial charge in [0, 0.05) is 28.4 Å². The SMILES string of the molecule is Cc1ccc(CNCc2cccc(C(F)F)c2)s1. The summed E-state index contributed by atoms with van der Waals surface area (Å²) < 4.78 is 25.0. The average Bonchev–Trinajstić information content (AvgIpc) is 2.75. The molecule has 0 unspecified atom stereocenters. The molecule has 2 aromatic rings. The second-order valence-electron chi connectivity index (χ2n) is 4.16. The Kier molecular flexibility index (Phi) is 4.44. The molecule has 0 radical (unpaired) electrons. The Morgan fingerprint density at radius 2 is 2.00 bits per heavy atom. The monoisotopic (exact) mass is 267 g/mol. The number of nitrogens with one attached hydrogen (secondary N) is 1. The minimum absolute atomic E-state index is 0.0845. The van der Waals surface area contributed by atoms with Gasteiger partial charge in [-0.05, 0) is 30.7 Å². The summed E-state index contributed by atoms with van der Waals surface area (Å²) in [6.45, 7) is 3.45. The van der Waals surface area contributed by atoms with Gasteiger partial charge in [-0.25, -0.2) is 8.78 Å². The summed E-state index contributed by atoms with van der Waals surface area (Å²) in [6.07, 6.45) is -2.40. The van der Waals surface area contributed by atoms with Gasteiger partial charge in [0.1, 0.15) is 0 Å². The zero-order valence-electron chi connectivity index (χ0n) is 10.1. The highest BCUT2D eigenvalue weighted by atomic mass is 32.1. The fourth-order valence-corrected chi connectivity index (χ4v) is 2.61. The molecule has 4 heteroatoms. The number of alkyl halides is 2. The molecule has 0 fully saturated rings. The van der Waals surface area contributed by atoms with Crippen LogP contribution < -0.4 is 5.32 Å². The molecule has 0 bridgehead atoms. The van der Waals surface area contributed by atoms with Crippen molar-refractivity contribution < 1.29 is 8.78 Å². The highest BCUT2D eigenvalue weighted by Gasteiger charge is 2.06. The van der Waals surface area contributed by atoms with Gasteiger partial charge in [0.05, 0.1) is 0 Å². The first-order valence-corrected chi connectivity index (χ1v) is 6.60. The van der Waals surface area contributed by atoms with Crippen LogP contribution in [0.15, 0.2) is 36.4 Å². The third kappa shape index (κ3) is 3.62. The van der Waals surface area contributed by atoms with Crippen molar-refractivity contribution in [3.05, 3.63) is 57.3 Å². The number of aryl methyl sites for hydroxylation is 1. The second kappa shape index (κ2) is 6.07. The van der Waals surface area contributed by atoms with E-state index in [1.165, 1.54) is 15.8 Å². The lowest BCUT2D eigenvalue weighted by molar-refractivity contribution is 0.151. The molecular weight excluding hydrogens is 252 g/mol. The lowest BCUT2D eigenvalue weighted by atomic mass is 10.1.